The van der Waals surface area contributed by atoms with E-state index in [2.05, 4.69) is 65.6 Å². The third kappa shape index (κ3) is 4.98. The zero-order valence-corrected chi connectivity index (χ0v) is 16.4. The molecule has 0 spiro atoms. The van der Waals surface area contributed by atoms with Crippen molar-refractivity contribution in [3.05, 3.63) is 126 Å². The minimum atomic E-state index is -0.510. The van der Waals surface area contributed by atoms with Gasteiger partial charge >= 0.3 is 0 Å². The molecule has 1 aromatic heterocycles. The van der Waals surface area contributed by atoms with Gasteiger partial charge in [0.1, 0.15) is 0 Å². The van der Waals surface area contributed by atoms with Gasteiger partial charge in [-0.15, -0.1) is 0 Å². The van der Waals surface area contributed by atoms with Gasteiger partial charge in [-0.3, -0.25) is 4.98 Å². The average Bonchev–Trinajstić information content (AvgIpc) is 2.79. The number of aliphatic hydroxyl groups excluding tert-OH is 1. The van der Waals surface area contributed by atoms with Crippen LogP contribution in [0, 0.1) is 0 Å². The van der Waals surface area contributed by atoms with E-state index < -0.39 is 6.10 Å². The van der Waals surface area contributed by atoms with E-state index in [1.165, 1.54) is 11.1 Å². The molecule has 1 N–H and O–H groups in total. The fourth-order valence-electron chi connectivity index (χ4n) is 3.74. The lowest BCUT2D eigenvalue weighted by Gasteiger charge is -2.16. The second-order valence-corrected chi connectivity index (χ2v) is 7.37. The van der Waals surface area contributed by atoms with E-state index in [1.54, 1.807) is 6.20 Å². The maximum atomic E-state index is 10.9. The molecule has 0 radical (unpaired) electrons. The number of nitrogens with zero attached hydrogens (tertiary/aromatic N) is 1. The molecule has 2 nitrogen and oxygen atoms in total. The van der Waals surface area contributed by atoms with Gasteiger partial charge in [0.05, 0.1) is 6.10 Å². The molecule has 0 saturated carbocycles. The van der Waals surface area contributed by atoms with E-state index in [0.717, 1.165) is 35.1 Å². The van der Waals surface area contributed by atoms with Crippen molar-refractivity contribution < 1.29 is 5.11 Å². The summed E-state index contributed by atoms with van der Waals surface area (Å²) in [7, 11) is 0. The predicted molar refractivity (Wildman–Crippen MR) is 119 cm³/mol. The first-order valence-corrected chi connectivity index (χ1v) is 10.1. The highest BCUT2D eigenvalue weighted by Crippen LogP contribution is 2.31. The number of rotatable bonds is 7. The highest BCUT2D eigenvalue weighted by Gasteiger charge is 2.14. The third-order valence-electron chi connectivity index (χ3n) is 5.24. The van der Waals surface area contributed by atoms with Crippen molar-refractivity contribution in [3.63, 3.8) is 0 Å². The van der Waals surface area contributed by atoms with Gasteiger partial charge in [-0.2, -0.15) is 0 Å². The molecule has 3 aromatic carbocycles. The number of benzene rings is 3. The van der Waals surface area contributed by atoms with E-state index in [9.17, 15) is 5.11 Å². The van der Waals surface area contributed by atoms with Crippen molar-refractivity contribution in [2.45, 2.75) is 25.4 Å². The molecule has 1 atom stereocenters. The van der Waals surface area contributed by atoms with E-state index in [4.69, 9.17) is 0 Å². The van der Waals surface area contributed by atoms with Crippen LogP contribution in [-0.4, -0.2) is 10.1 Å². The van der Waals surface area contributed by atoms with Crippen LogP contribution in [0.4, 0.5) is 0 Å². The molecule has 0 saturated heterocycles. The van der Waals surface area contributed by atoms with Crippen molar-refractivity contribution in [1.82, 2.24) is 4.98 Å². The molecular weight excluding hydrogens is 354 g/mol. The fourth-order valence-corrected chi connectivity index (χ4v) is 3.74. The van der Waals surface area contributed by atoms with Crippen molar-refractivity contribution >= 4 is 0 Å². The Labute approximate surface area is 172 Å². The standard InChI is InChI=1S/C27H25NO/c29-27(16-15-22-11-7-17-28-20-22)26-14-5-4-13-25(26)24-12-6-10-23(19-24)18-21-8-2-1-3-9-21/h1-14,17,19-20,27,29H,15-16,18H2. The van der Waals surface area contributed by atoms with Gasteiger partial charge in [0, 0.05) is 12.4 Å². The second-order valence-electron chi connectivity index (χ2n) is 7.37. The Morgan fingerprint density at radius 3 is 2.31 bits per heavy atom. The summed E-state index contributed by atoms with van der Waals surface area (Å²) in [4.78, 5) is 4.16. The van der Waals surface area contributed by atoms with Crippen molar-refractivity contribution in [2.75, 3.05) is 0 Å². The topological polar surface area (TPSA) is 33.1 Å². The quantitative estimate of drug-likeness (QED) is 0.427. The Morgan fingerprint density at radius 1 is 0.724 bits per heavy atom. The molecule has 4 aromatic rings. The number of hydrogen-bond acceptors (Lipinski definition) is 2. The molecule has 0 bridgehead atoms. The van der Waals surface area contributed by atoms with Crippen LogP contribution < -0.4 is 0 Å². The normalized spacial score (nSPS) is 11.9. The van der Waals surface area contributed by atoms with Crippen molar-refractivity contribution in [1.29, 1.82) is 0 Å². The Kier molecular flexibility index (Phi) is 6.13. The minimum Gasteiger partial charge on any atom is -0.388 e. The second kappa shape index (κ2) is 9.31. The summed E-state index contributed by atoms with van der Waals surface area (Å²) >= 11 is 0. The molecule has 0 fully saturated rings. The van der Waals surface area contributed by atoms with Gasteiger partial charge in [-0.1, -0.05) is 84.9 Å². The van der Waals surface area contributed by atoms with Gasteiger partial charge in [-0.05, 0) is 58.7 Å². The first-order chi connectivity index (χ1) is 14.3. The van der Waals surface area contributed by atoms with Crippen LogP contribution in [0.3, 0.4) is 0 Å². The lowest BCUT2D eigenvalue weighted by atomic mass is 9.92. The third-order valence-corrected chi connectivity index (χ3v) is 5.24. The summed E-state index contributed by atoms with van der Waals surface area (Å²) in [6, 6.07) is 31.3. The lowest BCUT2D eigenvalue weighted by molar-refractivity contribution is 0.168. The van der Waals surface area contributed by atoms with Gasteiger partial charge in [0.2, 0.25) is 0 Å². The van der Waals surface area contributed by atoms with Gasteiger partial charge in [0.25, 0.3) is 0 Å². The first kappa shape index (κ1) is 19.1. The first-order valence-electron chi connectivity index (χ1n) is 10.1. The molecule has 4 rings (SSSR count). The number of aryl methyl sites for hydroxylation is 1. The average molecular weight is 380 g/mol. The number of aliphatic hydroxyl groups is 1. The van der Waals surface area contributed by atoms with Crippen LogP contribution >= 0.6 is 0 Å². The molecule has 0 aliphatic heterocycles. The van der Waals surface area contributed by atoms with Crippen LogP contribution in [-0.2, 0) is 12.8 Å². The zero-order chi connectivity index (χ0) is 19.9. The van der Waals surface area contributed by atoms with Crippen LogP contribution in [0.2, 0.25) is 0 Å². The Bertz CT molecular complexity index is 1040. The van der Waals surface area contributed by atoms with Gasteiger partial charge < -0.3 is 5.11 Å². The Balaban J connectivity index is 1.55. The molecule has 1 heterocycles. The van der Waals surface area contributed by atoms with Crippen LogP contribution in [0.15, 0.2) is 103 Å². The summed E-state index contributed by atoms with van der Waals surface area (Å²) in [6.45, 7) is 0. The van der Waals surface area contributed by atoms with E-state index in [1.807, 2.05) is 36.5 Å². The number of aromatic nitrogens is 1. The summed E-state index contributed by atoms with van der Waals surface area (Å²) in [5.41, 5.74) is 6.94. The molecule has 1 unspecified atom stereocenters. The van der Waals surface area contributed by atoms with Crippen LogP contribution in [0.1, 0.15) is 34.8 Å². The van der Waals surface area contributed by atoms with E-state index in [0.29, 0.717) is 6.42 Å². The number of hydrogen-bond donors (Lipinski definition) is 1. The van der Waals surface area contributed by atoms with E-state index >= 15 is 0 Å². The van der Waals surface area contributed by atoms with E-state index in [-0.39, 0.29) is 0 Å². The Hall–Kier alpha value is -3.23. The smallest absolute Gasteiger partial charge is 0.0799 e. The van der Waals surface area contributed by atoms with Gasteiger partial charge in [0.15, 0.2) is 0 Å². The Morgan fingerprint density at radius 2 is 1.48 bits per heavy atom. The highest BCUT2D eigenvalue weighted by molar-refractivity contribution is 5.68. The molecule has 29 heavy (non-hydrogen) atoms. The fraction of sp³-hybridized carbons (Fsp3) is 0.148. The van der Waals surface area contributed by atoms with Crippen LogP contribution in [0.5, 0.6) is 0 Å². The number of pyridine rings is 1. The SMILES string of the molecule is OC(CCc1cccnc1)c1ccccc1-c1cccc(Cc2ccccc2)c1. The van der Waals surface area contributed by atoms with Gasteiger partial charge in [-0.25, -0.2) is 0 Å². The van der Waals surface area contributed by atoms with Crippen molar-refractivity contribution in [2.24, 2.45) is 0 Å². The molecule has 0 aliphatic rings. The summed E-state index contributed by atoms with van der Waals surface area (Å²) in [5, 5.41) is 10.9. The molecule has 0 amide bonds. The summed E-state index contributed by atoms with van der Waals surface area (Å²) in [5.74, 6) is 0. The summed E-state index contributed by atoms with van der Waals surface area (Å²) < 4.78 is 0. The van der Waals surface area contributed by atoms with Crippen molar-refractivity contribution in [3.8, 4) is 11.1 Å². The maximum absolute atomic E-state index is 10.9. The predicted octanol–water partition coefficient (Wildman–Crippen LogP) is 6.01. The largest absolute Gasteiger partial charge is 0.388 e. The molecule has 2 heteroatoms. The molecule has 144 valence electrons. The zero-order valence-electron chi connectivity index (χ0n) is 16.4. The molecule has 0 aliphatic carbocycles. The monoisotopic (exact) mass is 379 g/mol. The van der Waals surface area contributed by atoms with Crippen LogP contribution in [0.25, 0.3) is 11.1 Å². The molecular formula is C27H25NO. The maximum Gasteiger partial charge on any atom is 0.0799 e. The lowest BCUT2D eigenvalue weighted by Crippen LogP contribution is -2.02. The highest BCUT2D eigenvalue weighted by atomic mass is 16.3. The minimum absolute atomic E-state index is 0.510. The summed E-state index contributed by atoms with van der Waals surface area (Å²) in [6.07, 6.45) is 5.51.